The number of rotatable bonds is 12. The van der Waals surface area contributed by atoms with E-state index in [1.807, 2.05) is 0 Å². The van der Waals surface area contributed by atoms with Crippen molar-refractivity contribution in [3.05, 3.63) is 72.8 Å². The minimum Gasteiger partial charge on any atom is -0.415 e. The summed E-state index contributed by atoms with van der Waals surface area (Å²) in [5.41, 5.74) is -13.2. The van der Waals surface area contributed by atoms with Crippen LogP contribution in [0.5, 0.6) is 0 Å². The van der Waals surface area contributed by atoms with Gasteiger partial charge < -0.3 is 4.42 Å². The van der Waals surface area contributed by atoms with E-state index in [4.69, 9.17) is 4.42 Å². The van der Waals surface area contributed by atoms with Gasteiger partial charge in [-0.1, -0.05) is 0 Å². The van der Waals surface area contributed by atoms with Crippen LogP contribution in [0, 0.1) is 60.7 Å². The smallest absolute Gasteiger partial charge is 0.321 e. The molecule has 43 heavy (non-hydrogen) atoms. The quantitative estimate of drug-likeness (QED) is 0.219. The molecule has 0 bridgehead atoms. The van der Waals surface area contributed by atoms with Crippen molar-refractivity contribution in [1.82, 2.24) is 10.2 Å². The van der Waals surface area contributed by atoms with Gasteiger partial charge in [-0.15, -0.1) is 10.2 Å². The maximum Gasteiger partial charge on any atom is 0.321 e. The molecule has 0 aliphatic heterocycles. The summed E-state index contributed by atoms with van der Waals surface area (Å²) in [6.07, 6.45) is 0. The highest BCUT2D eigenvalue weighted by molar-refractivity contribution is 5.93. The molecule has 226 valence electrons. The SMILES string of the molecule is CCN(O)c1c([N+](=O)[O-])cc([N+](=O)[O-])c(-c2nnc(-c3c([N+](=O)[O-])cc([N+](=O)[O-])c(N(O)CC)c3[N+](=O)[O-])o2)c1[N+](=O)[O-]. The zero-order chi connectivity index (χ0) is 32.5. The van der Waals surface area contributed by atoms with E-state index in [0.29, 0.717) is 0 Å². The van der Waals surface area contributed by atoms with Crippen LogP contribution in [0.2, 0.25) is 0 Å². The molecule has 0 atom stereocenters. The number of nitro benzene ring substituents is 6. The highest BCUT2D eigenvalue weighted by atomic mass is 16.7. The fourth-order valence-corrected chi connectivity index (χ4v) is 3.86. The van der Waals surface area contributed by atoms with Crippen LogP contribution >= 0.6 is 0 Å². The first-order valence-corrected chi connectivity index (χ1v) is 11.1. The molecule has 3 aromatic rings. The molecule has 0 saturated carbocycles. The average Bonchev–Trinajstić information content (AvgIpc) is 3.43. The molecule has 2 N–H and O–H groups in total. The number of nitrogens with zero attached hydrogens (tertiary/aromatic N) is 10. The van der Waals surface area contributed by atoms with Gasteiger partial charge in [-0.25, -0.2) is 10.1 Å². The predicted molar refractivity (Wildman–Crippen MR) is 135 cm³/mol. The Kier molecular flexibility index (Phi) is 8.33. The predicted octanol–water partition coefficient (Wildman–Crippen LogP) is 3.28. The van der Waals surface area contributed by atoms with Crippen molar-refractivity contribution in [3.8, 4) is 22.9 Å². The molecule has 3 rings (SSSR count). The number of anilines is 2. The van der Waals surface area contributed by atoms with E-state index in [1.165, 1.54) is 13.8 Å². The number of benzene rings is 2. The zero-order valence-electron chi connectivity index (χ0n) is 21.2. The summed E-state index contributed by atoms with van der Waals surface area (Å²) < 4.78 is 5.18. The fraction of sp³-hybridized carbons (Fsp3) is 0.222. The second kappa shape index (κ2) is 11.5. The molecule has 0 fully saturated rings. The summed E-state index contributed by atoms with van der Waals surface area (Å²) in [5.74, 6) is -2.46. The van der Waals surface area contributed by atoms with Crippen molar-refractivity contribution in [1.29, 1.82) is 0 Å². The van der Waals surface area contributed by atoms with E-state index in [1.54, 1.807) is 0 Å². The summed E-state index contributed by atoms with van der Waals surface area (Å²) in [7, 11) is 0. The first-order valence-electron chi connectivity index (χ1n) is 11.1. The molecule has 1 heterocycles. The van der Waals surface area contributed by atoms with E-state index in [9.17, 15) is 71.1 Å². The van der Waals surface area contributed by atoms with Crippen LogP contribution in [-0.4, -0.2) is 63.2 Å². The largest absolute Gasteiger partial charge is 0.415 e. The summed E-state index contributed by atoms with van der Waals surface area (Å²) in [4.78, 5) is 63.0. The van der Waals surface area contributed by atoms with E-state index in [2.05, 4.69) is 10.2 Å². The van der Waals surface area contributed by atoms with E-state index >= 15 is 0 Å². The Hall–Kier alpha value is -6.50. The summed E-state index contributed by atoms with van der Waals surface area (Å²) >= 11 is 0. The van der Waals surface area contributed by atoms with Crippen LogP contribution in [0.25, 0.3) is 22.9 Å². The van der Waals surface area contributed by atoms with Crippen molar-refractivity contribution in [3.63, 3.8) is 0 Å². The van der Waals surface area contributed by atoms with Crippen LogP contribution in [-0.2, 0) is 0 Å². The standard InChI is InChI=1S/C18H14N10O15/c1-3-21(29)13-9(25(35)36)5-7(23(31)32)11(15(13)27(39)40)17-19-20-18(43-17)12-8(24(33)34)6-10(26(37)38)14(22(30)4-2)16(12)28(41)42/h5-6,29-30H,3-4H2,1-2H3. The lowest BCUT2D eigenvalue weighted by Crippen LogP contribution is -2.20. The lowest BCUT2D eigenvalue weighted by molar-refractivity contribution is -0.401. The molecule has 0 saturated heterocycles. The minimum absolute atomic E-state index is 0.0135. The molecule has 0 spiro atoms. The first-order chi connectivity index (χ1) is 20.1. The average molecular weight is 610 g/mol. The van der Waals surface area contributed by atoms with Gasteiger partial charge in [0.25, 0.3) is 23.2 Å². The number of hydrogen-bond donors (Lipinski definition) is 2. The Labute approximate surface area is 233 Å². The van der Waals surface area contributed by atoms with Gasteiger partial charge in [-0.2, -0.15) is 0 Å². The molecule has 25 heteroatoms. The molecule has 0 unspecified atom stereocenters. The van der Waals surface area contributed by atoms with Gasteiger partial charge in [0.1, 0.15) is 0 Å². The van der Waals surface area contributed by atoms with Gasteiger partial charge in [0, 0.05) is 13.1 Å². The summed E-state index contributed by atoms with van der Waals surface area (Å²) in [6.45, 7) is 1.36. The van der Waals surface area contributed by atoms with Gasteiger partial charge >= 0.3 is 22.7 Å². The molecule has 0 amide bonds. The molecule has 2 aromatic carbocycles. The maximum absolute atomic E-state index is 12.1. The summed E-state index contributed by atoms with van der Waals surface area (Å²) in [6, 6.07) is 0.445. The molecule has 0 radical (unpaired) electrons. The van der Waals surface area contributed by atoms with Crippen molar-refractivity contribution in [2.45, 2.75) is 13.8 Å². The van der Waals surface area contributed by atoms with Crippen molar-refractivity contribution in [2.75, 3.05) is 23.2 Å². The third-order valence-electron chi connectivity index (χ3n) is 5.59. The Morgan fingerprint density at radius 3 is 1.14 bits per heavy atom. The van der Waals surface area contributed by atoms with Gasteiger partial charge in [0.2, 0.25) is 11.4 Å². The topological polar surface area (TPSA) is 345 Å². The van der Waals surface area contributed by atoms with Gasteiger partial charge in [-0.05, 0) is 13.8 Å². The number of aromatic nitrogens is 2. The van der Waals surface area contributed by atoms with E-state index in [0.717, 1.165) is 0 Å². The normalized spacial score (nSPS) is 10.7. The minimum atomic E-state index is -1.50. The van der Waals surface area contributed by atoms with E-state index in [-0.39, 0.29) is 22.3 Å². The number of hydrogen-bond acceptors (Lipinski definition) is 19. The van der Waals surface area contributed by atoms with Crippen molar-refractivity contribution in [2.24, 2.45) is 0 Å². The molecular formula is C18H14N10O15. The van der Waals surface area contributed by atoms with Gasteiger partial charge in [0.05, 0.1) is 41.7 Å². The lowest BCUT2D eigenvalue weighted by Gasteiger charge is -2.16. The van der Waals surface area contributed by atoms with Crippen LogP contribution in [0.15, 0.2) is 16.5 Å². The highest BCUT2D eigenvalue weighted by Gasteiger charge is 2.45. The third-order valence-corrected chi connectivity index (χ3v) is 5.59. The van der Waals surface area contributed by atoms with Gasteiger partial charge in [0.15, 0.2) is 11.1 Å². The lowest BCUT2D eigenvalue weighted by atomic mass is 10.1. The molecule has 1 aromatic heterocycles. The molecule has 0 aliphatic carbocycles. The number of nitro groups is 6. The highest BCUT2D eigenvalue weighted by Crippen LogP contribution is 2.52. The zero-order valence-corrected chi connectivity index (χ0v) is 21.2. The third kappa shape index (κ3) is 5.32. The van der Waals surface area contributed by atoms with E-state index < -0.39 is 111 Å². The first kappa shape index (κ1) is 31.0. The summed E-state index contributed by atoms with van der Waals surface area (Å²) in [5, 5.41) is 98.1. The fourth-order valence-electron chi connectivity index (χ4n) is 3.86. The molecular weight excluding hydrogens is 596 g/mol. The Morgan fingerprint density at radius 2 is 0.907 bits per heavy atom. The Balaban J connectivity index is 2.56. The number of hydroxylamine groups is 2. The van der Waals surface area contributed by atoms with Crippen molar-refractivity contribution >= 4 is 45.5 Å². The van der Waals surface area contributed by atoms with Crippen molar-refractivity contribution < 1.29 is 44.4 Å². The maximum atomic E-state index is 12.1. The van der Waals surface area contributed by atoms with Crippen LogP contribution < -0.4 is 10.1 Å². The Morgan fingerprint density at radius 1 is 0.605 bits per heavy atom. The van der Waals surface area contributed by atoms with Crippen LogP contribution in [0.3, 0.4) is 0 Å². The second-order valence-electron chi connectivity index (χ2n) is 7.86. The van der Waals surface area contributed by atoms with Crippen LogP contribution in [0.4, 0.5) is 45.5 Å². The monoisotopic (exact) mass is 610 g/mol. The van der Waals surface area contributed by atoms with Crippen LogP contribution in [0.1, 0.15) is 13.8 Å². The second-order valence-corrected chi connectivity index (χ2v) is 7.86. The van der Waals surface area contributed by atoms with Gasteiger partial charge in [-0.3, -0.25) is 71.1 Å². The Bertz CT molecular complexity index is 1600. The molecule has 25 nitrogen and oxygen atoms in total. The molecule has 0 aliphatic rings.